The molecule has 0 saturated carbocycles. The van der Waals surface area contributed by atoms with Crippen LogP contribution < -0.4 is 4.72 Å². The van der Waals surface area contributed by atoms with Crippen molar-refractivity contribution in [3.63, 3.8) is 0 Å². The van der Waals surface area contributed by atoms with E-state index < -0.39 is 38.9 Å². The SMILES string of the molecule is CS(=O)(=O)NC(=O)c1cc(Cl)c(-n2nc(Cl)c3cc(-c4ccc(F)cc4F)ccc32)cc1F. The number of amides is 1. The van der Waals surface area contributed by atoms with Crippen LogP contribution in [-0.2, 0) is 10.0 Å². The summed E-state index contributed by atoms with van der Waals surface area (Å²) in [5.74, 6) is -3.70. The Morgan fingerprint density at radius 1 is 1.00 bits per heavy atom. The molecule has 0 atom stereocenters. The molecule has 4 rings (SSSR count). The second-order valence-electron chi connectivity index (χ2n) is 7.05. The van der Waals surface area contributed by atoms with Crippen molar-refractivity contribution in [2.75, 3.05) is 6.26 Å². The first-order valence-corrected chi connectivity index (χ1v) is 11.7. The zero-order valence-electron chi connectivity index (χ0n) is 16.5. The Morgan fingerprint density at radius 2 is 1.73 bits per heavy atom. The zero-order valence-corrected chi connectivity index (χ0v) is 18.9. The second kappa shape index (κ2) is 8.36. The van der Waals surface area contributed by atoms with Gasteiger partial charge in [0.25, 0.3) is 5.91 Å². The maximum Gasteiger partial charge on any atom is 0.267 e. The minimum atomic E-state index is -3.91. The first-order valence-electron chi connectivity index (χ1n) is 9.10. The Bertz CT molecular complexity index is 1560. The molecule has 0 radical (unpaired) electrons. The van der Waals surface area contributed by atoms with E-state index in [4.69, 9.17) is 23.2 Å². The Kier molecular flexibility index (Phi) is 5.85. The Labute approximate surface area is 195 Å². The van der Waals surface area contributed by atoms with Crippen molar-refractivity contribution in [1.82, 2.24) is 14.5 Å². The Morgan fingerprint density at radius 3 is 2.39 bits per heavy atom. The third-order valence-corrected chi connectivity index (χ3v) is 5.80. The van der Waals surface area contributed by atoms with Crippen LogP contribution in [-0.4, -0.2) is 30.4 Å². The monoisotopic (exact) mass is 513 g/mol. The van der Waals surface area contributed by atoms with E-state index in [1.165, 1.54) is 16.8 Å². The molecule has 0 aliphatic heterocycles. The predicted molar refractivity (Wildman–Crippen MR) is 119 cm³/mol. The first kappa shape index (κ1) is 23.1. The summed E-state index contributed by atoms with van der Waals surface area (Å²) in [6.07, 6.45) is 0.753. The summed E-state index contributed by atoms with van der Waals surface area (Å²) in [5, 5.41) is 4.43. The van der Waals surface area contributed by atoms with Gasteiger partial charge in [0.1, 0.15) is 17.5 Å². The largest absolute Gasteiger partial charge is 0.268 e. The topological polar surface area (TPSA) is 81.1 Å². The van der Waals surface area contributed by atoms with Gasteiger partial charge >= 0.3 is 0 Å². The first-order chi connectivity index (χ1) is 15.4. The number of carbonyl (C=O) groups is 1. The van der Waals surface area contributed by atoms with Crippen molar-refractivity contribution in [1.29, 1.82) is 0 Å². The van der Waals surface area contributed by atoms with Crippen LogP contribution in [0.4, 0.5) is 13.2 Å². The molecule has 0 aliphatic rings. The highest BCUT2D eigenvalue weighted by Gasteiger charge is 2.21. The van der Waals surface area contributed by atoms with Gasteiger partial charge in [0, 0.05) is 23.1 Å². The number of nitrogens with one attached hydrogen (secondary N) is 1. The van der Waals surface area contributed by atoms with E-state index in [2.05, 4.69) is 5.10 Å². The van der Waals surface area contributed by atoms with Crippen molar-refractivity contribution in [3.05, 3.63) is 81.7 Å². The zero-order chi connectivity index (χ0) is 24.1. The number of fused-ring (bicyclic) bond motifs is 1. The van der Waals surface area contributed by atoms with E-state index in [1.807, 2.05) is 0 Å². The Balaban J connectivity index is 1.81. The molecule has 170 valence electrons. The summed E-state index contributed by atoms with van der Waals surface area (Å²) >= 11 is 12.5. The van der Waals surface area contributed by atoms with Crippen LogP contribution in [0.1, 0.15) is 10.4 Å². The molecule has 1 aromatic heterocycles. The van der Waals surface area contributed by atoms with Gasteiger partial charge in [-0.1, -0.05) is 29.3 Å². The van der Waals surface area contributed by atoms with E-state index in [0.717, 1.165) is 30.5 Å². The van der Waals surface area contributed by atoms with Gasteiger partial charge in [-0.3, -0.25) is 4.79 Å². The van der Waals surface area contributed by atoms with Crippen molar-refractivity contribution in [2.24, 2.45) is 0 Å². The van der Waals surface area contributed by atoms with Crippen molar-refractivity contribution in [2.45, 2.75) is 0 Å². The smallest absolute Gasteiger partial charge is 0.267 e. The molecule has 1 amide bonds. The van der Waals surface area contributed by atoms with Crippen LogP contribution in [0, 0.1) is 17.5 Å². The highest BCUT2D eigenvalue weighted by molar-refractivity contribution is 7.89. The molecule has 1 heterocycles. The van der Waals surface area contributed by atoms with Gasteiger partial charge in [-0.15, -0.1) is 0 Å². The summed E-state index contributed by atoms with van der Waals surface area (Å²) in [4.78, 5) is 12.0. The highest BCUT2D eigenvalue weighted by Crippen LogP contribution is 2.34. The summed E-state index contributed by atoms with van der Waals surface area (Å²) in [6.45, 7) is 0. The maximum absolute atomic E-state index is 14.7. The highest BCUT2D eigenvalue weighted by atomic mass is 35.5. The predicted octanol–water partition coefficient (Wildman–Crippen LogP) is 5.11. The van der Waals surface area contributed by atoms with Crippen LogP contribution >= 0.6 is 23.2 Å². The maximum atomic E-state index is 14.7. The summed E-state index contributed by atoms with van der Waals surface area (Å²) < 4.78 is 67.5. The number of carbonyl (C=O) groups excluding carboxylic acids is 1. The van der Waals surface area contributed by atoms with Crippen LogP contribution in [0.25, 0.3) is 27.7 Å². The minimum absolute atomic E-state index is 0.00439. The van der Waals surface area contributed by atoms with Gasteiger partial charge in [-0.05, 0) is 35.9 Å². The molecule has 33 heavy (non-hydrogen) atoms. The van der Waals surface area contributed by atoms with Gasteiger partial charge in [0.05, 0.1) is 28.0 Å². The normalized spacial score (nSPS) is 11.7. The number of hydrogen-bond acceptors (Lipinski definition) is 4. The number of rotatable bonds is 4. The summed E-state index contributed by atoms with van der Waals surface area (Å²) in [6, 6.07) is 9.68. The van der Waals surface area contributed by atoms with Crippen LogP contribution in [0.2, 0.25) is 10.2 Å². The average Bonchev–Trinajstić information content (AvgIpc) is 3.04. The van der Waals surface area contributed by atoms with Gasteiger partial charge in [-0.25, -0.2) is 31.0 Å². The number of sulfonamides is 1. The number of nitrogens with zero attached hydrogens (tertiary/aromatic N) is 2. The number of halogens is 5. The lowest BCUT2D eigenvalue weighted by Gasteiger charge is -2.10. The fraction of sp³-hybridized carbons (Fsp3) is 0.0476. The van der Waals surface area contributed by atoms with Gasteiger partial charge in [0.2, 0.25) is 10.0 Å². The van der Waals surface area contributed by atoms with Gasteiger partial charge < -0.3 is 0 Å². The van der Waals surface area contributed by atoms with Crippen molar-refractivity contribution < 1.29 is 26.4 Å². The van der Waals surface area contributed by atoms with Crippen LogP contribution in [0.3, 0.4) is 0 Å². The number of benzene rings is 3. The summed E-state index contributed by atoms with van der Waals surface area (Å²) in [7, 11) is -3.91. The van der Waals surface area contributed by atoms with Gasteiger partial charge in [-0.2, -0.15) is 5.10 Å². The second-order valence-corrected chi connectivity index (χ2v) is 9.56. The van der Waals surface area contributed by atoms with E-state index in [0.29, 0.717) is 16.5 Å². The third-order valence-electron chi connectivity index (χ3n) is 4.66. The van der Waals surface area contributed by atoms with E-state index in [-0.39, 0.29) is 21.4 Å². The van der Waals surface area contributed by atoms with E-state index in [9.17, 15) is 26.4 Å². The molecule has 0 fully saturated rings. The fourth-order valence-electron chi connectivity index (χ4n) is 3.25. The molecule has 4 aromatic rings. The van der Waals surface area contributed by atoms with Crippen molar-refractivity contribution in [3.8, 4) is 16.8 Å². The van der Waals surface area contributed by atoms with Gasteiger partial charge in [0.15, 0.2) is 5.15 Å². The molecule has 0 unspecified atom stereocenters. The molecule has 1 N–H and O–H groups in total. The van der Waals surface area contributed by atoms with Crippen LogP contribution in [0.5, 0.6) is 0 Å². The molecular weight excluding hydrogens is 502 g/mol. The average molecular weight is 514 g/mol. The molecule has 0 bridgehead atoms. The van der Waals surface area contributed by atoms with E-state index in [1.54, 1.807) is 16.9 Å². The summed E-state index contributed by atoms with van der Waals surface area (Å²) in [5.41, 5.74) is 0.397. The molecule has 0 saturated heterocycles. The minimum Gasteiger partial charge on any atom is -0.268 e. The molecular formula is C21H12Cl2F3N3O3S. The third kappa shape index (κ3) is 4.54. The molecule has 6 nitrogen and oxygen atoms in total. The Hall–Kier alpha value is -3.08. The fourth-order valence-corrected chi connectivity index (χ4v) is 4.17. The van der Waals surface area contributed by atoms with Crippen LogP contribution in [0.15, 0.2) is 48.5 Å². The number of hydrogen-bond donors (Lipinski definition) is 1. The number of aromatic nitrogens is 2. The van der Waals surface area contributed by atoms with Crippen molar-refractivity contribution >= 4 is 50.0 Å². The lowest BCUT2D eigenvalue weighted by Crippen LogP contribution is -2.30. The molecule has 3 aromatic carbocycles. The standard InChI is InChI=1S/C21H12Cl2F3N3O3S/c1-33(31,32)28-21(30)13-8-15(22)19(9-17(13)26)29-18-5-2-10(6-14(18)20(23)27-29)12-4-3-11(24)7-16(12)25/h2-9H,1H3,(H,28,30). The lowest BCUT2D eigenvalue weighted by atomic mass is 10.0. The molecule has 0 aliphatic carbocycles. The lowest BCUT2D eigenvalue weighted by molar-refractivity contribution is 0.0978. The van der Waals surface area contributed by atoms with E-state index >= 15 is 0 Å². The molecule has 0 spiro atoms. The molecule has 12 heteroatoms. The quantitative estimate of drug-likeness (QED) is 0.411.